The maximum Gasteiger partial charge on any atom is 0.332 e. The molecule has 0 fully saturated rings. The fraction of sp³-hybridized carbons (Fsp3) is 0.286. The molecule has 0 spiro atoms. The van der Waals surface area contributed by atoms with Crippen molar-refractivity contribution in [2.45, 2.75) is 0 Å². The molecule has 0 aliphatic heterocycles. The third-order valence-corrected chi connectivity index (χ3v) is 1.41. The van der Waals surface area contributed by atoms with E-state index < -0.39 is 0 Å². The Hall–Kier alpha value is -1.23. The average molecular weight is 166 g/mol. The molecule has 0 bridgehead atoms. The summed E-state index contributed by atoms with van der Waals surface area (Å²) in [5, 5.41) is 8.73. The molecule has 0 saturated carbocycles. The van der Waals surface area contributed by atoms with Crippen molar-refractivity contribution in [1.82, 2.24) is 4.98 Å². The zero-order valence-electron chi connectivity index (χ0n) is 6.94. The molecule has 5 heteroatoms. The predicted octanol–water partition coefficient (Wildman–Crippen LogP) is -0.664. The first-order chi connectivity index (χ1) is 5.81. The maximum atomic E-state index is 8.73. The van der Waals surface area contributed by atoms with Gasteiger partial charge in [-0.05, 0) is 0 Å². The molecule has 63 valence electrons. The number of nitrogens with zero attached hydrogens (tertiary/aromatic N) is 1. The van der Waals surface area contributed by atoms with Gasteiger partial charge in [0.25, 0.3) is 0 Å². The van der Waals surface area contributed by atoms with Crippen LogP contribution in [-0.2, 0) is 0 Å². The van der Waals surface area contributed by atoms with Crippen molar-refractivity contribution < 1.29 is 14.5 Å². The summed E-state index contributed by atoms with van der Waals surface area (Å²) in [5.74, 6) is 0.800. The van der Waals surface area contributed by atoms with Crippen LogP contribution in [-0.4, -0.2) is 31.7 Å². The third kappa shape index (κ3) is 1.68. The van der Waals surface area contributed by atoms with Crippen LogP contribution in [0.2, 0.25) is 0 Å². The monoisotopic (exact) mass is 166 g/mol. The molecule has 4 nitrogen and oxygen atoms in total. The molecule has 1 rings (SSSR count). The van der Waals surface area contributed by atoms with E-state index >= 15 is 0 Å². The summed E-state index contributed by atoms with van der Waals surface area (Å²) in [6.45, 7) is 0. The number of aromatic nitrogens is 1. The van der Waals surface area contributed by atoms with Crippen molar-refractivity contribution in [3.8, 4) is 11.8 Å². The Morgan fingerprint density at radius 2 is 2.08 bits per heavy atom. The predicted molar refractivity (Wildman–Crippen MR) is 44.9 cm³/mol. The molecule has 1 radical (unpaired) electrons. The van der Waals surface area contributed by atoms with Gasteiger partial charge in [-0.25, -0.2) is 0 Å². The van der Waals surface area contributed by atoms with E-state index in [4.69, 9.17) is 14.5 Å². The summed E-state index contributed by atoms with van der Waals surface area (Å²) in [5.41, 5.74) is 0.526. The van der Waals surface area contributed by atoms with Crippen molar-refractivity contribution in [3.63, 3.8) is 0 Å². The summed E-state index contributed by atoms with van der Waals surface area (Å²) in [6.07, 6.45) is 0. The fourth-order valence-electron chi connectivity index (χ4n) is 0.810. The second-order valence-corrected chi connectivity index (χ2v) is 2.08. The molecule has 12 heavy (non-hydrogen) atoms. The van der Waals surface area contributed by atoms with Crippen LogP contribution in [0.4, 0.5) is 0 Å². The van der Waals surface area contributed by atoms with Gasteiger partial charge in [0.2, 0.25) is 11.8 Å². The molecule has 0 aliphatic rings. The highest BCUT2D eigenvalue weighted by Gasteiger charge is 2.05. The molecule has 1 aromatic heterocycles. The standard InChI is InChI=1S/C7H9BNO3/c1-11-6-4-3-5(8-10)7(9-6)12-2/h3-4,10H,1-2H3. The lowest BCUT2D eigenvalue weighted by Crippen LogP contribution is -2.17. The normalized spacial score (nSPS) is 9.25. The Morgan fingerprint density at radius 1 is 1.33 bits per heavy atom. The zero-order valence-corrected chi connectivity index (χ0v) is 6.94. The van der Waals surface area contributed by atoms with Gasteiger partial charge in [-0.2, -0.15) is 4.98 Å². The molecule has 0 atom stereocenters. The van der Waals surface area contributed by atoms with E-state index in [-0.39, 0.29) is 0 Å². The first kappa shape index (κ1) is 8.87. The highest BCUT2D eigenvalue weighted by Crippen LogP contribution is 2.09. The largest absolute Gasteiger partial charge is 0.481 e. The fourth-order valence-corrected chi connectivity index (χ4v) is 0.810. The third-order valence-electron chi connectivity index (χ3n) is 1.41. The van der Waals surface area contributed by atoms with Crippen LogP contribution in [0.3, 0.4) is 0 Å². The second-order valence-electron chi connectivity index (χ2n) is 2.08. The number of rotatable bonds is 3. The van der Waals surface area contributed by atoms with Gasteiger partial charge in [-0.3, -0.25) is 0 Å². The molecule has 1 heterocycles. The zero-order chi connectivity index (χ0) is 8.97. The molecule has 0 amide bonds. The molecule has 0 saturated heterocycles. The minimum atomic E-state index is 0.344. The smallest absolute Gasteiger partial charge is 0.332 e. The molecule has 1 aromatic rings. The molecular weight excluding hydrogens is 157 g/mol. The topological polar surface area (TPSA) is 51.6 Å². The van der Waals surface area contributed by atoms with E-state index in [0.29, 0.717) is 17.2 Å². The van der Waals surface area contributed by atoms with E-state index in [0.717, 1.165) is 7.48 Å². The minimum absolute atomic E-state index is 0.344. The van der Waals surface area contributed by atoms with Gasteiger partial charge < -0.3 is 14.5 Å². The van der Waals surface area contributed by atoms with Crippen molar-refractivity contribution >= 4 is 12.9 Å². The summed E-state index contributed by atoms with van der Waals surface area (Å²) >= 11 is 0. The number of hydrogen-bond acceptors (Lipinski definition) is 4. The first-order valence-corrected chi connectivity index (χ1v) is 3.38. The first-order valence-electron chi connectivity index (χ1n) is 3.38. The number of ether oxygens (including phenoxy) is 2. The van der Waals surface area contributed by atoms with Gasteiger partial charge in [-0.1, -0.05) is 6.07 Å². The van der Waals surface area contributed by atoms with Crippen LogP contribution in [0.1, 0.15) is 0 Å². The molecular formula is C7H9BNO3. The Bertz CT molecular complexity index is 267. The van der Waals surface area contributed by atoms with Gasteiger partial charge in [0.15, 0.2) is 0 Å². The highest BCUT2D eigenvalue weighted by molar-refractivity contribution is 6.46. The lowest BCUT2D eigenvalue weighted by atomic mass is 9.90. The van der Waals surface area contributed by atoms with E-state index in [9.17, 15) is 0 Å². The Morgan fingerprint density at radius 3 is 2.58 bits per heavy atom. The minimum Gasteiger partial charge on any atom is -0.481 e. The van der Waals surface area contributed by atoms with Gasteiger partial charge in [0.05, 0.1) is 14.2 Å². The van der Waals surface area contributed by atoms with Gasteiger partial charge in [-0.15, -0.1) is 0 Å². The maximum absolute atomic E-state index is 8.73. The van der Waals surface area contributed by atoms with Crippen LogP contribution < -0.4 is 14.9 Å². The van der Waals surface area contributed by atoms with Gasteiger partial charge >= 0.3 is 7.48 Å². The Balaban J connectivity index is 3.02. The number of methoxy groups -OCH3 is 2. The lowest BCUT2D eigenvalue weighted by molar-refractivity contribution is 0.366. The summed E-state index contributed by atoms with van der Waals surface area (Å²) < 4.78 is 9.77. The van der Waals surface area contributed by atoms with Crippen molar-refractivity contribution in [1.29, 1.82) is 0 Å². The van der Waals surface area contributed by atoms with Crippen molar-refractivity contribution in [2.24, 2.45) is 0 Å². The van der Waals surface area contributed by atoms with Gasteiger partial charge in [0.1, 0.15) is 0 Å². The summed E-state index contributed by atoms with van der Waals surface area (Å²) in [7, 11) is 3.93. The quantitative estimate of drug-likeness (QED) is 0.605. The van der Waals surface area contributed by atoms with Crippen LogP contribution in [0, 0.1) is 0 Å². The Labute approximate surface area is 71.4 Å². The SMILES string of the molecule is COc1ccc([B]O)c(OC)n1. The molecule has 0 unspecified atom stereocenters. The molecule has 0 aromatic carbocycles. The summed E-state index contributed by atoms with van der Waals surface area (Å²) in [4.78, 5) is 3.94. The molecule has 1 N–H and O–H groups in total. The van der Waals surface area contributed by atoms with E-state index in [1.807, 2.05) is 0 Å². The second kappa shape index (κ2) is 3.97. The number of hydrogen-bond donors (Lipinski definition) is 1. The van der Waals surface area contributed by atoms with Gasteiger partial charge in [0, 0.05) is 11.5 Å². The Kier molecular flexibility index (Phi) is 2.93. The lowest BCUT2D eigenvalue weighted by Gasteiger charge is -2.05. The highest BCUT2D eigenvalue weighted by atomic mass is 16.5. The van der Waals surface area contributed by atoms with Crippen molar-refractivity contribution in [2.75, 3.05) is 14.2 Å². The van der Waals surface area contributed by atoms with Crippen molar-refractivity contribution in [3.05, 3.63) is 12.1 Å². The molecule has 0 aliphatic carbocycles. The van der Waals surface area contributed by atoms with Crippen LogP contribution in [0.25, 0.3) is 0 Å². The van der Waals surface area contributed by atoms with Crippen LogP contribution in [0.15, 0.2) is 12.1 Å². The van der Waals surface area contributed by atoms with E-state index in [1.165, 1.54) is 14.2 Å². The van der Waals surface area contributed by atoms with Crippen LogP contribution >= 0.6 is 0 Å². The van der Waals surface area contributed by atoms with E-state index in [2.05, 4.69) is 4.98 Å². The van der Waals surface area contributed by atoms with E-state index in [1.54, 1.807) is 12.1 Å². The number of pyridine rings is 1. The summed E-state index contributed by atoms with van der Waals surface area (Å²) in [6, 6.07) is 3.30. The van der Waals surface area contributed by atoms with Crippen LogP contribution in [0.5, 0.6) is 11.8 Å². The average Bonchev–Trinajstić information content (AvgIpc) is 2.16.